The molecule has 25 heavy (non-hydrogen) atoms. The SMILES string of the molecule is Cc1noc2c1N=C(c1ccc(F)cc1)C[C@@H](c1ccccc1Cl)C2. The third-order valence-corrected chi connectivity index (χ3v) is 4.88. The monoisotopic (exact) mass is 354 g/mol. The lowest BCUT2D eigenvalue weighted by Crippen LogP contribution is -2.09. The van der Waals surface area contributed by atoms with Crippen LogP contribution >= 0.6 is 11.6 Å². The molecule has 0 bridgehead atoms. The number of fused-ring (bicyclic) bond motifs is 1. The first-order valence-corrected chi connectivity index (χ1v) is 8.52. The quantitative estimate of drug-likeness (QED) is 0.598. The second-order valence-corrected chi connectivity index (χ2v) is 6.64. The van der Waals surface area contributed by atoms with E-state index in [1.165, 1.54) is 12.1 Å². The molecule has 3 aromatic rings. The van der Waals surface area contributed by atoms with Crippen LogP contribution in [-0.4, -0.2) is 10.9 Å². The highest BCUT2D eigenvalue weighted by atomic mass is 35.5. The molecule has 2 aromatic carbocycles. The van der Waals surface area contributed by atoms with Crippen molar-refractivity contribution < 1.29 is 8.91 Å². The fourth-order valence-corrected chi connectivity index (χ4v) is 3.54. The summed E-state index contributed by atoms with van der Waals surface area (Å²) in [6, 6.07) is 14.2. The van der Waals surface area contributed by atoms with Crippen LogP contribution in [-0.2, 0) is 6.42 Å². The van der Waals surface area contributed by atoms with Gasteiger partial charge in [0, 0.05) is 17.2 Å². The topological polar surface area (TPSA) is 38.4 Å². The molecule has 0 N–H and O–H groups in total. The minimum atomic E-state index is -0.262. The number of aryl methyl sites for hydroxylation is 1. The maximum Gasteiger partial charge on any atom is 0.163 e. The zero-order chi connectivity index (χ0) is 17.4. The van der Waals surface area contributed by atoms with Crippen LogP contribution in [0.3, 0.4) is 0 Å². The molecule has 0 fully saturated rings. The third kappa shape index (κ3) is 3.10. The van der Waals surface area contributed by atoms with Gasteiger partial charge in [0.1, 0.15) is 17.2 Å². The summed E-state index contributed by atoms with van der Waals surface area (Å²) in [6.45, 7) is 1.88. The maximum absolute atomic E-state index is 13.3. The Labute approximate surface area is 150 Å². The van der Waals surface area contributed by atoms with Gasteiger partial charge >= 0.3 is 0 Å². The molecule has 0 unspecified atom stereocenters. The van der Waals surface area contributed by atoms with Crippen LogP contribution < -0.4 is 0 Å². The summed E-state index contributed by atoms with van der Waals surface area (Å²) in [7, 11) is 0. The second-order valence-electron chi connectivity index (χ2n) is 6.23. The molecule has 0 spiro atoms. The Bertz CT molecular complexity index is 947. The van der Waals surface area contributed by atoms with Crippen molar-refractivity contribution in [3.05, 3.63) is 82.0 Å². The largest absolute Gasteiger partial charge is 0.359 e. The molecular formula is C20H16ClFN2O. The molecule has 2 heterocycles. The van der Waals surface area contributed by atoms with Crippen molar-refractivity contribution in [2.45, 2.75) is 25.7 Å². The first-order valence-electron chi connectivity index (χ1n) is 8.15. The zero-order valence-electron chi connectivity index (χ0n) is 13.7. The minimum Gasteiger partial charge on any atom is -0.359 e. The average molecular weight is 355 g/mol. The van der Waals surface area contributed by atoms with Gasteiger partial charge in [0.05, 0.1) is 0 Å². The van der Waals surface area contributed by atoms with Gasteiger partial charge in [-0.25, -0.2) is 9.38 Å². The second kappa shape index (κ2) is 6.45. The van der Waals surface area contributed by atoms with Gasteiger partial charge in [0.15, 0.2) is 5.76 Å². The van der Waals surface area contributed by atoms with E-state index in [-0.39, 0.29) is 11.7 Å². The van der Waals surface area contributed by atoms with E-state index in [0.717, 1.165) is 39.0 Å². The van der Waals surface area contributed by atoms with E-state index >= 15 is 0 Å². The molecule has 1 aliphatic heterocycles. The van der Waals surface area contributed by atoms with Crippen LogP contribution in [0.2, 0.25) is 5.02 Å². The van der Waals surface area contributed by atoms with E-state index in [1.54, 1.807) is 12.1 Å². The molecule has 0 saturated heterocycles. The Kier molecular flexibility index (Phi) is 4.14. The normalized spacial score (nSPS) is 16.9. The smallest absolute Gasteiger partial charge is 0.163 e. The van der Waals surface area contributed by atoms with E-state index in [0.29, 0.717) is 12.8 Å². The molecule has 5 heteroatoms. The summed E-state index contributed by atoms with van der Waals surface area (Å²) in [5.41, 5.74) is 4.37. The molecule has 4 rings (SSSR count). The lowest BCUT2D eigenvalue weighted by molar-refractivity contribution is 0.373. The molecule has 1 atom stereocenters. The minimum absolute atomic E-state index is 0.117. The fraction of sp³-hybridized carbons (Fsp3) is 0.200. The van der Waals surface area contributed by atoms with Gasteiger partial charge in [-0.15, -0.1) is 0 Å². The Hall–Kier alpha value is -2.46. The van der Waals surface area contributed by atoms with E-state index in [9.17, 15) is 4.39 Å². The lowest BCUT2D eigenvalue weighted by atomic mass is 9.88. The number of rotatable bonds is 2. The van der Waals surface area contributed by atoms with E-state index in [4.69, 9.17) is 21.1 Å². The van der Waals surface area contributed by atoms with Crippen LogP contribution in [0, 0.1) is 12.7 Å². The number of hydrogen-bond acceptors (Lipinski definition) is 3. The number of aromatic nitrogens is 1. The highest BCUT2D eigenvalue weighted by Crippen LogP contribution is 2.38. The number of hydrogen-bond donors (Lipinski definition) is 0. The van der Waals surface area contributed by atoms with Gasteiger partial charge in [0.25, 0.3) is 0 Å². The van der Waals surface area contributed by atoms with Crippen molar-refractivity contribution in [3.8, 4) is 0 Å². The van der Waals surface area contributed by atoms with Crippen LogP contribution in [0.25, 0.3) is 0 Å². The molecule has 0 radical (unpaired) electrons. The first-order chi connectivity index (χ1) is 12.1. The Morgan fingerprint density at radius 1 is 1.08 bits per heavy atom. The molecular weight excluding hydrogens is 339 g/mol. The standard InChI is InChI=1S/C20H16ClFN2O/c1-12-20-19(25-24-12)11-14(16-4-2-3-5-17(16)21)10-18(23-20)13-6-8-15(22)9-7-13/h2-9,14H,10-11H2,1H3/t14-/m1/s1. The van der Waals surface area contributed by atoms with Gasteiger partial charge in [-0.05, 0) is 48.6 Å². The van der Waals surface area contributed by atoms with Crippen molar-refractivity contribution >= 4 is 23.0 Å². The number of halogens is 2. The Morgan fingerprint density at radius 2 is 1.84 bits per heavy atom. The molecule has 0 amide bonds. The molecule has 126 valence electrons. The summed E-state index contributed by atoms with van der Waals surface area (Å²) in [5, 5.41) is 4.79. The van der Waals surface area contributed by atoms with Crippen molar-refractivity contribution in [2.75, 3.05) is 0 Å². The molecule has 1 aliphatic rings. The molecule has 0 aliphatic carbocycles. The zero-order valence-corrected chi connectivity index (χ0v) is 14.4. The van der Waals surface area contributed by atoms with Crippen LogP contribution in [0.15, 0.2) is 58.0 Å². The van der Waals surface area contributed by atoms with Crippen LogP contribution in [0.1, 0.15) is 34.9 Å². The first kappa shape index (κ1) is 16.0. The van der Waals surface area contributed by atoms with Gasteiger partial charge in [0.2, 0.25) is 0 Å². The molecule has 1 aromatic heterocycles. The predicted octanol–water partition coefficient (Wildman–Crippen LogP) is 5.63. The summed E-state index contributed by atoms with van der Waals surface area (Å²) in [6.07, 6.45) is 1.37. The van der Waals surface area contributed by atoms with Crippen molar-refractivity contribution in [1.82, 2.24) is 5.16 Å². The number of nitrogens with zero attached hydrogens (tertiary/aromatic N) is 2. The van der Waals surface area contributed by atoms with Crippen molar-refractivity contribution in [1.29, 1.82) is 0 Å². The van der Waals surface area contributed by atoms with Gasteiger partial charge < -0.3 is 4.52 Å². The van der Waals surface area contributed by atoms with Gasteiger partial charge in [-0.3, -0.25) is 0 Å². The van der Waals surface area contributed by atoms with E-state index in [1.807, 2.05) is 31.2 Å². The molecule has 0 saturated carbocycles. The number of aliphatic imine (C=N–C) groups is 1. The lowest BCUT2D eigenvalue weighted by Gasteiger charge is -2.17. The predicted molar refractivity (Wildman–Crippen MR) is 96.4 cm³/mol. The summed E-state index contributed by atoms with van der Waals surface area (Å²) in [4.78, 5) is 4.80. The van der Waals surface area contributed by atoms with Crippen molar-refractivity contribution in [2.24, 2.45) is 4.99 Å². The average Bonchev–Trinajstić information content (AvgIpc) is 2.84. The molecule has 3 nitrogen and oxygen atoms in total. The number of benzene rings is 2. The van der Waals surface area contributed by atoms with E-state index in [2.05, 4.69) is 5.16 Å². The highest BCUT2D eigenvalue weighted by Gasteiger charge is 2.27. The van der Waals surface area contributed by atoms with Crippen LogP contribution in [0.4, 0.5) is 10.1 Å². The van der Waals surface area contributed by atoms with E-state index < -0.39 is 0 Å². The maximum atomic E-state index is 13.3. The summed E-state index contributed by atoms with van der Waals surface area (Å²) >= 11 is 6.42. The van der Waals surface area contributed by atoms with Gasteiger partial charge in [-0.1, -0.05) is 47.1 Å². The highest BCUT2D eigenvalue weighted by molar-refractivity contribution is 6.31. The van der Waals surface area contributed by atoms with Crippen LogP contribution in [0.5, 0.6) is 0 Å². The summed E-state index contributed by atoms with van der Waals surface area (Å²) in [5.74, 6) is 0.619. The Morgan fingerprint density at radius 3 is 2.60 bits per heavy atom. The fourth-order valence-electron chi connectivity index (χ4n) is 3.25. The van der Waals surface area contributed by atoms with Crippen molar-refractivity contribution in [3.63, 3.8) is 0 Å². The summed E-state index contributed by atoms with van der Waals surface area (Å²) < 4.78 is 18.8. The third-order valence-electron chi connectivity index (χ3n) is 4.54. The van der Waals surface area contributed by atoms with Gasteiger partial charge in [-0.2, -0.15) is 0 Å². The Balaban J connectivity index is 1.82.